The second-order valence-corrected chi connectivity index (χ2v) is 3.09. The van der Waals surface area contributed by atoms with Gasteiger partial charge in [0.05, 0.1) is 7.11 Å². The van der Waals surface area contributed by atoms with Gasteiger partial charge in [-0.1, -0.05) is 18.2 Å². The number of carbonyl (C=O) groups excluding carboxylic acids is 1. The van der Waals surface area contributed by atoms with Crippen LogP contribution in [0.1, 0.15) is 5.56 Å². The molecule has 0 bridgehead atoms. The van der Waals surface area contributed by atoms with Crippen molar-refractivity contribution in [3.8, 4) is 0 Å². The molecule has 16 heavy (non-hydrogen) atoms. The van der Waals surface area contributed by atoms with E-state index in [0.29, 0.717) is 16.5 Å². The first-order valence-corrected chi connectivity index (χ1v) is 4.55. The van der Waals surface area contributed by atoms with E-state index in [1.807, 2.05) is 6.07 Å². The summed E-state index contributed by atoms with van der Waals surface area (Å²) in [5.74, 6) is -0.714. The number of benzene rings is 1. The number of fused-ring (bicyclic) bond motifs is 1. The van der Waals surface area contributed by atoms with E-state index in [1.54, 1.807) is 18.2 Å². The molecule has 0 saturated carbocycles. The van der Waals surface area contributed by atoms with Crippen molar-refractivity contribution >= 4 is 22.7 Å². The third-order valence-corrected chi connectivity index (χ3v) is 2.21. The van der Waals surface area contributed by atoms with E-state index < -0.39 is 5.97 Å². The van der Waals surface area contributed by atoms with Crippen LogP contribution in [0.4, 0.5) is 0 Å². The molecule has 1 aromatic carbocycles. The highest BCUT2D eigenvalue weighted by atomic mass is 16.5. The number of ether oxygens (including phenoxy) is 1. The van der Waals surface area contributed by atoms with Gasteiger partial charge < -0.3 is 14.7 Å². The molecule has 0 aliphatic rings. The lowest BCUT2D eigenvalue weighted by Gasteiger charge is -1.92. The second kappa shape index (κ2) is 4.00. The van der Waals surface area contributed by atoms with Gasteiger partial charge in [-0.25, -0.2) is 4.79 Å². The topological polar surface area (TPSA) is 75.8 Å². The third kappa shape index (κ3) is 1.49. The predicted octanol–water partition coefficient (Wildman–Crippen LogP) is 1.62. The summed E-state index contributed by atoms with van der Waals surface area (Å²) >= 11 is 0. The summed E-state index contributed by atoms with van der Waals surface area (Å²) in [7, 11) is 1.22. The fourth-order valence-corrected chi connectivity index (χ4v) is 1.46. The van der Waals surface area contributed by atoms with Crippen LogP contribution in [0, 0.1) is 0 Å². The van der Waals surface area contributed by atoms with Gasteiger partial charge in [0.15, 0.2) is 0 Å². The lowest BCUT2D eigenvalue weighted by molar-refractivity contribution is -0.137. The Bertz CT molecular complexity index is 594. The van der Waals surface area contributed by atoms with E-state index >= 15 is 0 Å². The van der Waals surface area contributed by atoms with Crippen LogP contribution in [-0.2, 0) is 9.53 Å². The molecule has 5 heteroatoms. The first kappa shape index (κ1) is 10.1. The van der Waals surface area contributed by atoms with E-state index in [-0.39, 0.29) is 5.71 Å². The van der Waals surface area contributed by atoms with Gasteiger partial charge >= 0.3 is 11.7 Å². The van der Waals surface area contributed by atoms with Crippen molar-refractivity contribution in [2.24, 2.45) is 0 Å². The minimum Gasteiger partial charge on any atom is -0.463 e. The third-order valence-electron chi connectivity index (χ3n) is 2.21. The molecule has 2 aromatic rings. The molecule has 0 N–H and O–H groups in total. The van der Waals surface area contributed by atoms with Gasteiger partial charge in [-0.2, -0.15) is 4.79 Å². The van der Waals surface area contributed by atoms with Crippen molar-refractivity contribution in [2.45, 2.75) is 0 Å². The van der Waals surface area contributed by atoms with Gasteiger partial charge in [-0.3, -0.25) is 0 Å². The summed E-state index contributed by atoms with van der Waals surface area (Å²) in [6, 6.07) is 7.13. The molecule has 0 atom stereocenters. The molecule has 0 radical (unpaired) electrons. The fourth-order valence-electron chi connectivity index (χ4n) is 1.46. The van der Waals surface area contributed by atoms with Gasteiger partial charge in [0.25, 0.3) is 0 Å². The number of carbonyl (C=O) groups is 1. The van der Waals surface area contributed by atoms with E-state index in [9.17, 15) is 4.79 Å². The summed E-state index contributed by atoms with van der Waals surface area (Å²) in [5, 5.41) is 0.695. The van der Waals surface area contributed by atoms with Crippen LogP contribution in [-0.4, -0.2) is 23.6 Å². The normalized spacial score (nSPS) is 9.81. The molecule has 0 saturated heterocycles. The molecule has 80 valence electrons. The Balaban J connectivity index is 2.63. The van der Waals surface area contributed by atoms with E-state index in [4.69, 9.17) is 9.95 Å². The average molecular weight is 216 g/mol. The zero-order chi connectivity index (χ0) is 11.5. The fraction of sp³-hybridized carbons (Fsp3) is 0.0909. The van der Waals surface area contributed by atoms with Crippen molar-refractivity contribution in [2.75, 3.05) is 7.11 Å². The van der Waals surface area contributed by atoms with Crippen LogP contribution in [0.5, 0.6) is 0 Å². The van der Waals surface area contributed by atoms with Gasteiger partial charge in [-0.05, 0) is 6.07 Å². The molecule has 0 aliphatic heterocycles. The molecular weight excluding hydrogens is 208 g/mol. The van der Waals surface area contributed by atoms with Crippen LogP contribution in [0.25, 0.3) is 16.5 Å². The highest BCUT2D eigenvalue weighted by Crippen LogP contribution is 2.21. The number of furan rings is 1. The van der Waals surface area contributed by atoms with Crippen LogP contribution >= 0.6 is 0 Å². The standard InChI is InChI=1S/C11H8N2O3/c1-15-11(14)10(13-12)8-6-16-9-5-3-2-4-7(8)9/h2-6H,1H3. The summed E-state index contributed by atoms with van der Waals surface area (Å²) < 4.78 is 9.73. The van der Waals surface area contributed by atoms with Crippen molar-refractivity contribution in [1.29, 1.82) is 0 Å². The minimum atomic E-state index is -0.714. The number of para-hydroxylation sites is 1. The Morgan fingerprint density at radius 3 is 2.88 bits per heavy atom. The Hall–Kier alpha value is -2.39. The van der Waals surface area contributed by atoms with Crippen molar-refractivity contribution in [3.05, 3.63) is 41.6 Å². The van der Waals surface area contributed by atoms with E-state index in [0.717, 1.165) is 0 Å². The van der Waals surface area contributed by atoms with Crippen LogP contribution in [0.15, 0.2) is 34.9 Å². The van der Waals surface area contributed by atoms with Crippen LogP contribution in [0.2, 0.25) is 0 Å². The molecule has 0 unspecified atom stereocenters. The molecule has 0 amide bonds. The van der Waals surface area contributed by atoms with Gasteiger partial charge in [0, 0.05) is 5.39 Å². The zero-order valence-corrected chi connectivity index (χ0v) is 8.51. The maximum Gasteiger partial charge on any atom is 0.422 e. The lowest BCUT2D eigenvalue weighted by Crippen LogP contribution is -2.17. The smallest absolute Gasteiger partial charge is 0.422 e. The van der Waals surface area contributed by atoms with Gasteiger partial charge in [-0.15, -0.1) is 0 Å². The Morgan fingerprint density at radius 1 is 1.44 bits per heavy atom. The average Bonchev–Trinajstić information content (AvgIpc) is 2.74. The molecule has 0 aliphatic carbocycles. The maximum absolute atomic E-state index is 11.3. The highest BCUT2D eigenvalue weighted by molar-refractivity contribution is 6.42. The summed E-state index contributed by atoms with van der Waals surface area (Å²) in [4.78, 5) is 14.3. The second-order valence-electron chi connectivity index (χ2n) is 3.09. The molecule has 1 heterocycles. The largest absolute Gasteiger partial charge is 0.463 e. The maximum atomic E-state index is 11.3. The predicted molar refractivity (Wildman–Crippen MR) is 56.0 cm³/mol. The van der Waals surface area contributed by atoms with Crippen LogP contribution < -0.4 is 0 Å². The minimum absolute atomic E-state index is 0.174. The van der Waals surface area contributed by atoms with Crippen LogP contribution in [0.3, 0.4) is 0 Å². The molecule has 0 fully saturated rings. The quantitative estimate of drug-likeness (QED) is 0.331. The number of esters is 1. The van der Waals surface area contributed by atoms with Crippen molar-refractivity contribution in [3.63, 3.8) is 0 Å². The van der Waals surface area contributed by atoms with E-state index in [1.165, 1.54) is 13.4 Å². The Morgan fingerprint density at radius 2 is 2.19 bits per heavy atom. The number of methoxy groups -OCH3 is 1. The van der Waals surface area contributed by atoms with E-state index in [2.05, 4.69) is 9.53 Å². The number of rotatable bonds is 2. The molecule has 2 rings (SSSR count). The number of nitrogens with zero attached hydrogens (tertiary/aromatic N) is 2. The van der Waals surface area contributed by atoms with Crippen molar-refractivity contribution < 1.29 is 18.7 Å². The SMILES string of the molecule is COC(=O)C(=[N+]=[N-])c1coc2ccccc12. The lowest BCUT2D eigenvalue weighted by atomic mass is 10.1. The summed E-state index contributed by atoms with van der Waals surface area (Å²) in [6.45, 7) is 0. The number of hydrogen-bond donors (Lipinski definition) is 0. The molecule has 1 aromatic heterocycles. The first-order valence-electron chi connectivity index (χ1n) is 4.55. The zero-order valence-electron chi connectivity index (χ0n) is 8.51. The first-order chi connectivity index (χ1) is 7.77. The summed E-state index contributed by atoms with van der Waals surface area (Å²) in [6.07, 6.45) is 1.36. The molecule has 0 spiro atoms. The molecular formula is C11H8N2O3. The Kier molecular flexibility index (Phi) is 2.54. The van der Waals surface area contributed by atoms with Gasteiger partial charge in [0.1, 0.15) is 17.4 Å². The van der Waals surface area contributed by atoms with Crippen molar-refractivity contribution in [1.82, 2.24) is 0 Å². The summed E-state index contributed by atoms with van der Waals surface area (Å²) in [5.41, 5.74) is 9.65. The Labute approximate surface area is 90.9 Å². The number of hydrogen-bond acceptors (Lipinski definition) is 3. The monoisotopic (exact) mass is 216 g/mol. The highest BCUT2D eigenvalue weighted by Gasteiger charge is 2.27. The van der Waals surface area contributed by atoms with Gasteiger partial charge in [0.2, 0.25) is 0 Å². The molecule has 5 nitrogen and oxygen atoms in total.